The predicted octanol–water partition coefficient (Wildman–Crippen LogP) is 2.36. The zero-order valence-corrected chi connectivity index (χ0v) is 9.35. The minimum absolute atomic E-state index is 0.0137. The number of hydrogen-bond donors (Lipinski definition) is 1. The van der Waals surface area contributed by atoms with Crippen molar-refractivity contribution in [3.8, 4) is 0 Å². The van der Waals surface area contributed by atoms with E-state index in [-0.39, 0.29) is 17.3 Å². The van der Waals surface area contributed by atoms with Gasteiger partial charge in [0.15, 0.2) is 0 Å². The quantitative estimate of drug-likeness (QED) is 0.795. The highest BCUT2D eigenvalue weighted by Crippen LogP contribution is 2.36. The summed E-state index contributed by atoms with van der Waals surface area (Å²) in [4.78, 5) is 3.26. The molecule has 0 radical (unpaired) electrons. The molecule has 1 aromatic rings. The van der Waals surface area contributed by atoms with Crippen molar-refractivity contribution in [2.45, 2.75) is 18.2 Å². The molecule has 0 aliphatic carbocycles. The average Bonchev–Trinajstić information content (AvgIpc) is 2.64. The first-order valence-electron chi connectivity index (χ1n) is 4.87. The first-order chi connectivity index (χ1) is 7.83. The van der Waals surface area contributed by atoms with E-state index in [0.717, 1.165) is 12.1 Å². The lowest BCUT2D eigenvalue weighted by Gasteiger charge is -2.22. The molecule has 0 spiro atoms. The van der Waals surface area contributed by atoms with Gasteiger partial charge in [-0.15, -0.1) is 0 Å². The highest BCUT2D eigenvalue weighted by molar-refractivity contribution is 6.30. The summed E-state index contributed by atoms with van der Waals surface area (Å²) in [6.07, 6.45) is -4.25. The van der Waals surface area contributed by atoms with Gasteiger partial charge in [0.05, 0.1) is 6.61 Å². The standard InChI is InChI=1S/C10H9ClF3NO2/c11-8-6(9(16)3-4-17-5-9)1-2-7(15-8)10(12,13)14/h1-2,16H,3-5H2. The second-order valence-electron chi connectivity index (χ2n) is 3.87. The molecule has 0 bridgehead atoms. The molecule has 94 valence electrons. The van der Waals surface area contributed by atoms with E-state index in [9.17, 15) is 18.3 Å². The molecule has 1 saturated heterocycles. The van der Waals surface area contributed by atoms with Crippen LogP contribution in [0.1, 0.15) is 17.7 Å². The molecule has 1 unspecified atom stereocenters. The van der Waals surface area contributed by atoms with Gasteiger partial charge in [0.25, 0.3) is 0 Å². The molecule has 1 N–H and O–H groups in total. The Labute approximate surface area is 100 Å². The summed E-state index contributed by atoms with van der Waals surface area (Å²) >= 11 is 5.68. The first-order valence-corrected chi connectivity index (χ1v) is 5.25. The van der Waals surface area contributed by atoms with Crippen LogP contribution in [0.5, 0.6) is 0 Å². The Morgan fingerprint density at radius 1 is 1.41 bits per heavy atom. The molecule has 17 heavy (non-hydrogen) atoms. The van der Waals surface area contributed by atoms with Crippen LogP contribution in [-0.4, -0.2) is 23.3 Å². The third-order valence-corrected chi connectivity index (χ3v) is 2.93. The van der Waals surface area contributed by atoms with Gasteiger partial charge in [-0.2, -0.15) is 13.2 Å². The van der Waals surface area contributed by atoms with Crippen LogP contribution in [0.25, 0.3) is 0 Å². The Balaban J connectivity index is 2.38. The number of rotatable bonds is 1. The fourth-order valence-electron chi connectivity index (χ4n) is 1.71. The summed E-state index contributed by atoms with van der Waals surface area (Å²) < 4.78 is 42.1. The van der Waals surface area contributed by atoms with Crippen molar-refractivity contribution in [2.24, 2.45) is 0 Å². The lowest BCUT2D eigenvalue weighted by molar-refractivity contribution is -0.141. The minimum atomic E-state index is -4.54. The van der Waals surface area contributed by atoms with Crippen LogP contribution in [0.15, 0.2) is 12.1 Å². The summed E-state index contributed by atoms with van der Waals surface area (Å²) in [6, 6.07) is 1.95. The molecule has 1 atom stereocenters. The lowest BCUT2D eigenvalue weighted by Crippen LogP contribution is -2.26. The molecule has 0 saturated carbocycles. The monoisotopic (exact) mass is 267 g/mol. The fourth-order valence-corrected chi connectivity index (χ4v) is 2.04. The van der Waals surface area contributed by atoms with Gasteiger partial charge in [-0.25, -0.2) is 4.98 Å². The maximum absolute atomic E-state index is 12.4. The maximum Gasteiger partial charge on any atom is 0.433 e. The van der Waals surface area contributed by atoms with Gasteiger partial charge in [-0.3, -0.25) is 0 Å². The van der Waals surface area contributed by atoms with Gasteiger partial charge in [-0.05, 0) is 6.07 Å². The number of alkyl halides is 3. The highest BCUT2D eigenvalue weighted by Gasteiger charge is 2.39. The van der Waals surface area contributed by atoms with E-state index in [1.165, 1.54) is 0 Å². The second-order valence-corrected chi connectivity index (χ2v) is 4.22. The first kappa shape index (κ1) is 12.6. The summed E-state index contributed by atoms with van der Waals surface area (Å²) in [5, 5.41) is 9.77. The minimum Gasteiger partial charge on any atom is -0.383 e. The van der Waals surface area contributed by atoms with Gasteiger partial charge < -0.3 is 9.84 Å². The average molecular weight is 268 g/mol. The number of aromatic nitrogens is 1. The summed E-state index contributed by atoms with van der Waals surface area (Å²) in [5.41, 5.74) is -2.24. The summed E-state index contributed by atoms with van der Waals surface area (Å²) in [6.45, 7) is 0.355. The van der Waals surface area contributed by atoms with Crippen LogP contribution in [0, 0.1) is 0 Å². The molecule has 2 heterocycles. The fraction of sp³-hybridized carbons (Fsp3) is 0.500. The number of pyridine rings is 1. The summed E-state index contributed by atoms with van der Waals surface area (Å²) in [7, 11) is 0. The normalized spacial score (nSPS) is 25.2. The van der Waals surface area contributed by atoms with E-state index in [1.54, 1.807) is 0 Å². The van der Waals surface area contributed by atoms with E-state index in [1.807, 2.05) is 0 Å². The smallest absolute Gasteiger partial charge is 0.383 e. The Morgan fingerprint density at radius 2 is 2.12 bits per heavy atom. The van der Waals surface area contributed by atoms with E-state index < -0.39 is 17.5 Å². The van der Waals surface area contributed by atoms with Crippen molar-refractivity contribution >= 4 is 11.6 Å². The van der Waals surface area contributed by atoms with Crippen molar-refractivity contribution in [1.82, 2.24) is 4.98 Å². The largest absolute Gasteiger partial charge is 0.433 e. The molecule has 1 aliphatic rings. The Kier molecular flexibility index (Phi) is 3.05. The Morgan fingerprint density at radius 3 is 2.59 bits per heavy atom. The third kappa shape index (κ3) is 2.38. The Hall–Kier alpha value is -0.850. The second kappa shape index (κ2) is 4.12. The third-order valence-electron chi connectivity index (χ3n) is 2.64. The highest BCUT2D eigenvalue weighted by atomic mass is 35.5. The molecule has 1 fully saturated rings. The van der Waals surface area contributed by atoms with E-state index >= 15 is 0 Å². The SMILES string of the molecule is OC1(c2ccc(C(F)(F)F)nc2Cl)CCOC1. The van der Waals surface area contributed by atoms with Crippen LogP contribution in [0.4, 0.5) is 13.2 Å². The van der Waals surface area contributed by atoms with Crippen molar-refractivity contribution in [3.05, 3.63) is 28.5 Å². The molecule has 2 rings (SSSR count). The van der Waals surface area contributed by atoms with Gasteiger partial charge >= 0.3 is 6.18 Å². The van der Waals surface area contributed by atoms with Crippen molar-refractivity contribution in [2.75, 3.05) is 13.2 Å². The number of nitrogens with zero attached hydrogens (tertiary/aromatic N) is 1. The number of aliphatic hydroxyl groups is 1. The molecule has 0 amide bonds. The zero-order chi connectivity index (χ0) is 12.7. The molecular formula is C10H9ClF3NO2. The van der Waals surface area contributed by atoms with E-state index in [4.69, 9.17) is 16.3 Å². The van der Waals surface area contributed by atoms with Crippen molar-refractivity contribution < 1.29 is 23.0 Å². The van der Waals surface area contributed by atoms with Crippen molar-refractivity contribution in [3.63, 3.8) is 0 Å². The lowest BCUT2D eigenvalue weighted by atomic mass is 9.94. The summed E-state index contributed by atoms with van der Waals surface area (Å²) in [5.74, 6) is 0. The topological polar surface area (TPSA) is 42.4 Å². The van der Waals surface area contributed by atoms with Gasteiger partial charge in [0, 0.05) is 18.6 Å². The maximum atomic E-state index is 12.4. The molecule has 7 heteroatoms. The number of hydrogen-bond acceptors (Lipinski definition) is 3. The van der Waals surface area contributed by atoms with Gasteiger partial charge in [0.1, 0.15) is 16.4 Å². The van der Waals surface area contributed by atoms with E-state index in [2.05, 4.69) is 4.98 Å². The number of halogens is 4. The predicted molar refractivity (Wildman–Crippen MR) is 53.6 cm³/mol. The van der Waals surface area contributed by atoms with Crippen LogP contribution < -0.4 is 0 Å². The molecule has 0 aromatic carbocycles. The molecule has 1 aromatic heterocycles. The van der Waals surface area contributed by atoms with Crippen molar-refractivity contribution in [1.29, 1.82) is 0 Å². The van der Waals surface area contributed by atoms with Crippen LogP contribution in [0.3, 0.4) is 0 Å². The number of ether oxygens (including phenoxy) is 1. The molecule has 1 aliphatic heterocycles. The molecule has 3 nitrogen and oxygen atoms in total. The van der Waals surface area contributed by atoms with Gasteiger partial charge in [-0.1, -0.05) is 17.7 Å². The van der Waals surface area contributed by atoms with E-state index in [0.29, 0.717) is 13.0 Å². The van der Waals surface area contributed by atoms with Gasteiger partial charge in [0.2, 0.25) is 0 Å². The molecular weight excluding hydrogens is 259 g/mol. The van der Waals surface area contributed by atoms with Crippen LogP contribution in [0.2, 0.25) is 5.15 Å². The zero-order valence-electron chi connectivity index (χ0n) is 8.59. The Bertz CT molecular complexity index is 430. The van der Waals surface area contributed by atoms with Crippen LogP contribution in [-0.2, 0) is 16.5 Å². The van der Waals surface area contributed by atoms with Crippen LogP contribution >= 0.6 is 11.6 Å².